The molecule has 182 valence electrons. The van der Waals surface area contributed by atoms with Crippen LogP contribution in [0.15, 0.2) is 54.6 Å². The first-order valence-corrected chi connectivity index (χ1v) is 12.3. The smallest absolute Gasteiger partial charge is 0.410 e. The van der Waals surface area contributed by atoms with Gasteiger partial charge in [0.05, 0.1) is 12.2 Å². The highest BCUT2D eigenvalue weighted by Crippen LogP contribution is 2.25. The van der Waals surface area contributed by atoms with Crippen LogP contribution < -0.4 is 4.90 Å². The molecule has 2 aliphatic heterocycles. The number of hydrogen-bond donors (Lipinski definition) is 0. The number of piperidine rings is 1. The average Bonchev–Trinajstić information content (AvgIpc) is 2.89. The van der Waals surface area contributed by atoms with Gasteiger partial charge in [-0.2, -0.15) is 0 Å². The van der Waals surface area contributed by atoms with Gasteiger partial charge in [0.1, 0.15) is 6.61 Å². The Morgan fingerprint density at radius 1 is 0.853 bits per heavy atom. The van der Waals surface area contributed by atoms with Crippen molar-refractivity contribution in [2.45, 2.75) is 26.4 Å². The molecule has 2 heterocycles. The molecule has 0 N–H and O–H groups in total. The Morgan fingerprint density at radius 3 is 2.18 bits per heavy atom. The molecule has 0 atom stereocenters. The Balaban J connectivity index is 1.15. The molecule has 2 aromatic carbocycles. The average molecular weight is 466 g/mol. The van der Waals surface area contributed by atoms with Crippen molar-refractivity contribution in [1.82, 2.24) is 9.80 Å². The van der Waals surface area contributed by atoms with Gasteiger partial charge in [0, 0.05) is 51.5 Å². The Labute approximate surface area is 202 Å². The molecule has 0 radical (unpaired) electrons. The Morgan fingerprint density at radius 2 is 1.53 bits per heavy atom. The first kappa shape index (κ1) is 24.1. The molecule has 0 aromatic heterocycles. The zero-order chi connectivity index (χ0) is 23.8. The van der Waals surface area contributed by atoms with E-state index in [-0.39, 0.29) is 12.1 Å². The van der Waals surface area contributed by atoms with E-state index < -0.39 is 0 Å². The monoisotopic (exact) mass is 465 g/mol. The molecule has 2 saturated heterocycles. The molecule has 2 aromatic rings. The van der Waals surface area contributed by atoms with Crippen molar-refractivity contribution in [3.05, 3.63) is 65.7 Å². The van der Waals surface area contributed by atoms with Crippen LogP contribution in [-0.2, 0) is 16.1 Å². The van der Waals surface area contributed by atoms with E-state index in [0.717, 1.165) is 69.9 Å². The maximum absolute atomic E-state index is 12.4. The van der Waals surface area contributed by atoms with Crippen LogP contribution in [0.25, 0.3) is 0 Å². The summed E-state index contributed by atoms with van der Waals surface area (Å²) in [6.07, 6.45) is 2.09. The first-order chi connectivity index (χ1) is 16.6. The normalized spacial score (nSPS) is 17.4. The summed E-state index contributed by atoms with van der Waals surface area (Å²) in [6, 6.07) is 17.5. The SMILES string of the molecule is CCOC(=O)c1ccc(N2CCC(CN3CCN(C(=O)OCc4ccccc4)CC3)CC2)cc1. The second-order valence-corrected chi connectivity index (χ2v) is 9.03. The molecular weight excluding hydrogens is 430 g/mol. The van der Waals surface area contributed by atoms with Crippen LogP contribution in [0.4, 0.5) is 10.5 Å². The largest absolute Gasteiger partial charge is 0.462 e. The maximum atomic E-state index is 12.4. The summed E-state index contributed by atoms with van der Waals surface area (Å²) in [5.74, 6) is 0.406. The second kappa shape index (κ2) is 11.9. The van der Waals surface area contributed by atoms with Crippen LogP contribution in [0.1, 0.15) is 35.7 Å². The summed E-state index contributed by atoms with van der Waals surface area (Å²) >= 11 is 0. The van der Waals surface area contributed by atoms with Crippen LogP contribution in [0.3, 0.4) is 0 Å². The summed E-state index contributed by atoms with van der Waals surface area (Å²) in [5, 5.41) is 0. The van der Waals surface area contributed by atoms with Gasteiger partial charge in [0.2, 0.25) is 0 Å². The number of carbonyl (C=O) groups is 2. The zero-order valence-electron chi connectivity index (χ0n) is 20.0. The fraction of sp³-hybridized carbons (Fsp3) is 0.481. The van der Waals surface area contributed by atoms with Gasteiger partial charge in [-0.25, -0.2) is 9.59 Å². The number of esters is 1. The van der Waals surface area contributed by atoms with Gasteiger partial charge < -0.3 is 19.3 Å². The van der Waals surface area contributed by atoms with Gasteiger partial charge in [0.25, 0.3) is 0 Å². The highest BCUT2D eigenvalue weighted by molar-refractivity contribution is 5.89. The van der Waals surface area contributed by atoms with Crippen molar-refractivity contribution in [2.75, 3.05) is 57.3 Å². The molecule has 0 saturated carbocycles. The highest BCUT2D eigenvalue weighted by Gasteiger charge is 2.26. The van der Waals surface area contributed by atoms with Crippen molar-refractivity contribution in [3.63, 3.8) is 0 Å². The van der Waals surface area contributed by atoms with Crippen molar-refractivity contribution >= 4 is 17.7 Å². The van der Waals surface area contributed by atoms with Gasteiger partial charge in [-0.3, -0.25) is 4.90 Å². The molecule has 0 aliphatic carbocycles. The van der Waals surface area contributed by atoms with Crippen molar-refractivity contribution in [1.29, 1.82) is 0 Å². The molecule has 7 nitrogen and oxygen atoms in total. The van der Waals surface area contributed by atoms with Gasteiger partial charge in [-0.1, -0.05) is 30.3 Å². The molecule has 1 amide bonds. The number of hydrogen-bond acceptors (Lipinski definition) is 6. The van der Waals surface area contributed by atoms with E-state index in [1.807, 2.05) is 66.4 Å². The number of rotatable bonds is 7. The van der Waals surface area contributed by atoms with Crippen molar-refractivity contribution < 1.29 is 19.1 Å². The maximum Gasteiger partial charge on any atom is 0.410 e. The number of benzene rings is 2. The van der Waals surface area contributed by atoms with Crippen LogP contribution in [0.2, 0.25) is 0 Å². The zero-order valence-corrected chi connectivity index (χ0v) is 20.0. The lowest BCUT2D eigenvalue weighted by atomic mass is 9.95. The topological polar surface area (TPSA) is 62.3 Å². The second-order valence-electron chi connectivity index (χ2n) is 9.03. The van der Waals surface area contributed by atoms with E-state index in [0.29, 0.717) is 24.7 Å². The fourth-order valence-corrected chi connectivity index (χ4v) is 4.69. The first-order valence-electron chi connectivity index (χ1n) is 12.3. The molecule has 0 unspecified atom stereocenters. The van der Waals surface area contributed by atoms with Crippen LogP contribution in [-0.4, -0.2) is 74.3 Å². The quantitative estimate of drug-likeness (QED) is 0.576. The third kappa shape index (κ3) is 6.50. The number of piperazine rings is 1. The predicted octanol–water partition coefficient (Wildman–Crippen LogP) is 4.03. The summed E-state index contributed by atoms with van der Waals surface area (Å²) in [4.78, 5) is 30.9. The standard InChI is InChI=1S/C27H35N3O4/c1-2-33-26(31)24-8-10-25(11-9-24)29-14-12-22(13-15-29)20-28-16-18-30(19-17-28)27(32)34-21-23-6-4-3-5-7-23/h3-11,22H,2,12-21H2,1H3. The summed E-state index contributed by atoms with van der Waals surface area (Å²) in [6.45, 7) is 8.90. The summed E-state index contributed by atoms with van der Waals surface area (Å²) in [7, 11) is 0. The Kier molecular flexibility index (Phi) is 8.41. The lowest BCUT2D eigenvalue weighted by Gasteiger charge is -2.39. The van der Waals surface area contributed by atoms with E-state index >= 15 is 0 Å². The summed E-state index contributed by atoms with van der Waals surface area (Å²) < 4.78 is 10.5. The van der Waals surface area contributed by atoms with Crippen molar-refractivity contribution in [2.24, 2.45) is 5.92 Å². The van der Waals surface area contributed by atoms with E-state index in [4.69, 9.17) is 9.47 Å². The molecule has 4 rings (SSSR count). The van der Waals surface area contributed by atoms with Crippen molar-refractivity contribution in [3.8, 4) is 0 Å². The van der Waals surface area contributed by atoms with E-state index in [2.05, 4.69) is 9.80 Å². The third-order valence-electron chi connectivity index (χ3n) is 6.71. The number of ether oxygens (including phenoxy) is 2. The number of amides is 1. The lowest BCUT2D eigenvalue weighted by molar-refractivity contribution is 0.0526. The number of carbonyl (C=O) groups excluding carboxylic acids is 2. The van der Waals surface area contributed by atoms with E-state index in [1.54, 1.807) is 0 Å². The predicted molar refractivity (Wildman–Crippen MR) is 132 cm³/mol. The van der Waals surface area contributed by atoms with E-state index in [9.17, 15) is 9.59 Å². The van der Waals surface area contributed by atoms with Gasteiger partial charge in [-0.15, -0.1) is 0 Å². The minimum atomic E-state index is -0.266. The molecule has 7 heteroatoms. The molecule has 2 fully saturated rings. The van der Waals surface area contributed by atoms with Crippen LogP contribution in [0, 0.1) is 5.92 Å². The minimum Gasteiger partial charge on any atom is -0.462 e. The fourth-order valence-electron chi connectivity index (χ4n) is 4.69. The highest BCUT2D eigenvalue weighted by atomic mass is 16.6. The van der Waals surface area contributed by atoms with Crippen LogP contribution in [0.5, 0.6) is 0 Å². The number of anilines is 1. The third-order valence-corrected chi connectivity index (χ3v) is 6.71. The van der Waals surface area contributed by atoms with E-state index in [1.165, 1.54) is 0 Å². The summed E-state index contributed by atoms with van der Waals surface area (Å²) in [5.41, 5.74) is 2.77. The Hall–Kier alpha value is -3.06. The van der Waals surface area contributed by atoms with Crippen LogP contribution >= 0.6 is 0 Å². The molecule has 2 aliphatic rings. The molecule has 0 bridgehead atoms. The lowest BCUT2D eigenvalue weighted by Crippen LogP contribution is -2.50. The number of nitrogens with zero attached hydrogens (tertiary/aromatic N) is 3. The molecule has 0 spiro atoms. The molecular formula is C27H35N3O4. The van der Waals surface area contributed by atoms with Gasteiger partial charge >= 0.3 is 12.1 Å². The van der Waals surface area contributed by atoms with Gasteiger partial charge in [0.15, 0.2) is 0 Å². The minimum absolute atomic E-state index is 0.217. The Bertz CT molecular complexity index is 919. The van der Waals surface area contributed by atoms with Gasteiger partial charge in [-0.05, 0) is 55.5 Å². The molecule has 34 heavy (non-hydrogen) atoms.